The second kappa shape index (κ2) is 5.79. The van der Waals surface area contributed by atoms with Crippen molar-refractivity contribution < 1.29 is 4.74 Å². The zero-order chi connectivity index (χ0) is 13.8. The fraction of sp³-hybridized carbons (Fsp3) is 0.133. The van der Waals surface area contributed by atoms with E-state index in [1.165, 1.54) is 0 Å². The molecule has 0 aliphatic rings. The first-order valence-electron chi connectivity index (χ1n) is 6.38. The van der Waals surface area contributed by atoms with Crippen LogP contribution in [0.4, 0.5) is 11.4 Å². The van der Waals surface area contributed by atoms with Crippen LogP contribution in [-0.4, -0.2) is 18.1 Å². The van der Waals surface area contributed by atoms with Crippen molar-refractivity contribution in [2.24, 2.45) is 0 Å². The van der Waals surface area contributed by atoms with Crippen molar-refractivity contribution in [1.82, 2.24) is 4.98 Å². The number of rotatable bonds is 5. The number of nitrogens with zero attached hydrogens (tertiary/aromatic N) is 1. The first kappa shape index (κ1) is 12.7. The number of para-hydroxylation sites is 1. The number of hydrogen-bond acceptors (Lipinski definition) is 5. The van der Waals surface area contributed by atoms with Crippen LogP contribution in [0.3, 0.4) is 0 Å². The highest BCUT2D eigenvalue weighted by Gasteiger charge is 2.06. The third-order valence-electron chi connectivity index (χ3n) is 2.97. The minimum absolute atomic E-state index is 0.582. The predicted octanol–water partition coefficient (Wildman–Crippen LogP) is 3.37. The molecule has 1 aromatic heterocycles. The smallest absolute Gasteiger partial charge is 0.119 e. The Labute approximate surface area is 121 Å². The van der Waals surface area contributed by atoms with Crippen LogP contribution < -0.4 is 15.8 Å². The van der Waals surface area contributed by atoms with E-state index in [1.807, 2.05) is 48.0 Å². The molecule has 0 aliphatic heterocycles. The molecule has 0 amide bonds. The number of hydrogen-bond donors (Lipinski definition) is 2. The van der Waals surface area contributed by atoms with Gasteiger partial charge in [-0.25, -0.2) is 4.98 Å². The molecule has 3 rings (SSSR count). The quantitative estimate of drug-likeness (QED) is 0.557. The molecule has 0 aliphatic carbocycles. The molecule has 3 aromatic rings. The zero-order valence-electron chi connectivity index (χ0n) is 10.9. The number of aromatic nitrogens is 1. The van der Waals surface area contributed by atoms with E-state index in [0.717, 1.165) is 21.7 Å². The summed E-state index contributed by atoms with van der Waals surface area (Å²) >= 11 is 1.59. The molecule has 4 nitrogen and oxygen atoms in total. The van der Waals surface area contributed by atoms with Crippen molar-refractivity contribution in [3.63, 3.8) is 0 Å². The standard InChI is InChI=1S/C15H15N3OS/c16-14-12(6-7-13-15(14)18-10-20-13)17-8-9-19-11-4-2-1-3-5-11/h1-7,10,17H,8-9,16H2. The Balaban J connectivity index is 1.58. The molecule has 2 aromatic carbocycles. The molecule has 0 unspecified atom stereocenters. The van der Waals surface area contributed by atoms with Gasteiger partial charge in [0.2, 0.25) is 0 Å². The number of thiazole rings is 1. The maximum atomic E-state index is 6.10. The Kier molecular flexibility index (Phi) is 3.69. The van der Waals surface area contributed by atoms with Gasteiger partial charge in [-0.15, -0.1) is 11.3 Å². The molecule has 102 valence electrons. The maximum absolute atomic E-state index is 6.10. The van der Waals surface area contributed by atoms with Crippen LogP contribution in [0.1, 0.15) is 0 Å². The lowest BCUT2D eigenvalue weighted by molar-refractivity contribution is 0.333. The highest BCUT2D eigenvalue weighted by atomic mass is 32.1. The molecule has 0 fully saturated rings. The lowest BCUT2D eigenvalue weighted by Crippen LogP contribution is -2.12. The van der Waals surface area contributed by atoms with Gasteiger partial charge in [-0.2, -0.15) is 0 Å². The van der Waals surface area contributed by atoms with Crippen LogP contribution in [-0.2, 0) is 0 Å². The second-order valence-corrected chi connectivity index (χ2v) is 5.20. The van der Waals surface area contributed by atoms with E-state index in [9.17, 15) is 0 Å². The van der Waals surface area contributed by atoms with Gasteiger partial charge in [-0.05, 0) is 24.3 Å². The summed E-state index contributed by atoms with van der Waals surface area (Å²) < 4.78 is 6.73. The van der Waals surface area contributed by atoms with Gasteiger partial charge in [0.1, 0.15) is 17.9 Å². The Hall–Kier alpha value is -2.27. The average molecular weight is 285 g/mol. The van der Waals surface area contributed by atoms with Crippen molar-refractivity contribution in [2.75, 3.05) is 24.2 Å². The Morgan fingerprint density at radius 3 is 2.85 bits per heavy atom. The molecular formula is C15H15N3OS. The number of nitrogen functional groups attached to an aromatic ring is 1. The number of ether oxygens (including phenoxy) is 1. The van der Waals surface area contributed by atoms with Crippen LogP contribution in [0.15, 0.2) is 48.0 Å². The molecule has 3 N–H and O–H groups in total. The summed E-state index contributed by atoms with van der Waals surface area (Å²) in [6.07, 6.45) is 0. The van der Waals surface area contributed by atoms with E-state index < -0.39 is 0 Å². The summed E-state index contributed by atoms with van der Waals surface area (Å²) in [4.78, 5) is 4.28. The topological polar surface area (TPSA) is 60.2 Å². The molecule has 0 saturated heterocycles. The fourth-order valence-electron chi connectivity index (χ4n) is 1.98. The SMILES string of the molecule is Nc1c(NCCOc2ccccc2)ccc2scnc12. The lowest BCUT2D eigenvalue weighted by Gasteiger charge is -2.10. The van der Waals surface area contributed by atoms with Gasteiger partial charge in [0.05, 0.1) is 21.6 Å². The first-order chi connectivity index (χ1) is 9.84. The summed E-state index contributed by atoms with van der Waals surface area (Å²) in [5, 5.41) is 3.28. The number of benzene rings is 2. The number of nitrogens with two attached hydrogens (primary N) is 1. The van der Waals surface area contributed by atoms with Gasteiger partial charge in [-0.1, -0.05) is 18.2 Å². The van der Waals surface area contributed by atoms with Crippen LogP contribution in [0.25, 0.3) is 10.2 Å². The predicted molar refractivity (Wildman–Crippen MR) is 84.5 cm³/mol. The molecule has 0 saturated carbocycles. The fourth-order valence-corrected chi connectivity index (χ4v) is 2.67. The van der Waals surface area contributed by atoms with E-state index in [4.69, 9.17) is 10.5 Å². The minimum Gasteiger partial charge on any atom is -0.492 e. The molecular weight excluding hydrogens is 270 g/mol. The summed E-state index contributed by atoms with van der Waals surface area (Å²) in [5.41, 5.74) is 10.4. The van der Waals surface area contributed by atoms with Crippen molar-refractivity contribution >= 4 is 32.9 Å². The largest absolute Gasteiger partial charge is 0.492 e. The van der Waals surface area contributed by atoms with Crippen molar-refractivity contribution in [1.29, 1.82) is 0 Å². The van der Waals surface area contributed by atoms with Crippen LogP contribution >= 0.6 is 11.3 Å². The Bertz CT molecular complexity index is 697. The number of anilines is 2. The summed E-state index contributed by atoms with van der Waals surface area (Å²) in [7, 11) is 0. The van der Waals surface area contributed by atoms with Crippen molar-refractivity contribution in [3.05, 3.63) is 48.0 Å². The monoisotopic (exact) mass is 285 g/mol. The van der Waals surface area contributed by atoms with Crippen molar-refractivity contribution in [2.45, 2.75) is 0 Å². The molecule has 0 radical (unpaired) electrons. The van der Waals surface area contributed by atoms with E-state index in [2.05, 4.69) is 10.3 Å². The van der Waals surface area contributed by atoms with Gasteiger partial charge in [0.25, 0.3) is 0 Å². The number of nitrogens with one attached hydrogen (secondary N) is 1. The Morgan fingerprint density at radius 2 is 2.00 bits per heavy atom. The summed E-state index contributed by atoms with van der Waals surface area (Å²) in [6.45, 7) is 1.27. The zero-order valence-corrected chi connectivity index (χ0v) is 11.7. The van der Waals surface area contributed by atoms with E-state index in [1.54, 1.807) is 11.3 Å². The van der Waals surface area contributed by atoms with Crippen LogP contribution in [0, 0.1) is 0 Å². The molecule has 1 heterocycles. The van der Waals surface area contributed by atoms with E-state index in [0.29, 0.717) is 18.8 Å². The van der Waals surface area contributed by atoms with Gasteiger partial charge in [0.15, 0.2) is 0 Å². The summed E-state index contributed by atoms with van der Waals surface area (Å²) in [6, 6.07) is 13.8. The van der Waals surface area contributed by atoms with E-state index in [-0.39, 0.29) is 0 Å². The second-order valence-electron chi connectivity index (χ2n) is 4.31. The third-order valence-corrected chi connectivity index (χ3v) is 3.77. The van der Waals surface area contributed by atoms with Gasteiger partial charge < -0.3 is 15.8 Å². The Morgan fingerprint density at radius 1 is 1.15 bits per heavy atom. The average Bonchev–Trinajstić information content (AvgIpc) is 2.96. The van der Waals surface area contributed by atoms with E-state index >= 15 is 0 Å². The van der Waals surface area contributed by atoms with Gasteiger partial charge in [-0.3, -0.25) is 0 Å². The molecule has 20 heavy (non-hydrogen) atoms. The highest BCUT2D eigenvalue weighted by molar-refractivity contribution is 7.16. The third kappa shape index (κ3) is 2.67. The van der Waals surface area contributed by atoms with Crippen LogP contribution in [0.2, 0.25) is 0 Å². The van der Waals surface area contributed by atoms with Crippen molar-refractivity contribution in [3.8, 4) is 5.75 Å². The normalized spacial score (nSPS) is 10.6. The first-order valence-corrected chi connectivity index (χ1v) is 7.26. The van der Waals surface area contributed by atoms with Gasteiger partial charge in [0, 0.05) is 6.54 Å². The van der Waals surface area contributed by atoms with Gasteiger partial charge >= 0.3 is 0 Å². The molecule has 0 spiro atoms. The lowest BCUT2D eigenvalue weighted by atomic mass is 10.2. The van der Waals surface area contributed by atoms with Crippen LogP contribution in [0.5, 0.6) is 5.75 Å². The minimum atomic E-state index is 0.582. The summed E-state index contributed by atoms with van der Waals surface area (Å²) in [5.74, 6) is 0.872. The maximum Gasteiger partial charge on any atom is 0.119 e. The number of fused-ring (bicyclic) bond motifs is 1. The molecule has 5 heteroatoms. The molecule has 0 bridgehead atoms. The highest BCUT2D eigenvalue weighted by Crippen LogP contribution is 2.29. The molecule has 0 atom stereocenters.